The number of aromatic nitrogens is 1. The van der Waals surface area contributed by atoms with E-state index < -0.39 is 0 Å². The quantitative estimate of drug-likeness (QED) is 0.626. The van der Waals surface area contributed by atoms with Crippen LogP contribution in [0.5, 0.6) is 0 Å². The predicted molar refractivity (Wildman–Crippen MR) is 65.5 cm³/mol. The molecule has 76 valence electrons. The molecule has 2 heteroatoms. The number of rotatable bonds is 0. The van der Waals surface area contributed by atoms with Crippen molar-refractivity contribution >= 4 is 12.6 Å². The van der Waals surface area contributed by atoms with Crippen LogP contribution in [0.1, 0.15) is 17.5 Å². The van der Waals surface area contributed by atoms with Gasteiger partial charge in [-0.15, -0.1) is 12.6 Å². The molecule has 1 aliphatic carbocycles. The molecule has 0 radical (unpaired) electrons. The van der Waals surface area contributed by atoms with E-state index in [1.807, 2.05) is 6.20 Å². The Morgan fingerprint density at radius 3 is 2.93 bits per heavy atom. The lowest BCUT2D eigenvalue weighted by Gasteiger charge is -2.04. The van der Waals surface area contributed by atoms with E-state index in [0.29, 0.717) is 0 Å². The first-order valence-electron chi connectivity index (χ1n) is 5.34. The standard InChI is InChI=1S/C13H13NS/c15-12-8-14-13-10-6-2-1-4-9(10)5-3-7-11(12)13/h1-2,4,6,8,14-15H,3,5,7H2. The van der Waals surface area contributed by atoms with E-state index in [4.69, 9.17) is 0 Å². The summed E-state index contributed by atoms with van der Waals surface area (Å²) in [4.78, 5) is 4.44. The fourth-order valence-corrected chi connectivity index (χ4v) is 2.66. The molecule has 3 rings (SSSR count). The van der Waals surface area contributed by atoms with Crippen molar-refractivity contribution in [2.45, 2.75) is 24.2 Å². The van der Waals surface area contributed by atoms with Gasteiger partial charge in [0.1, 0.15) is 0 Å². The van der Waals surface area contributed by atoms with E-state index in [0.717, 1.165) is 11.3 Å². The number of hydrogen-bond acceptors (Lipinski definition) is 1. The van der Waals surface area contributed by atoms with Crippen molar-refractivity contribution in [1.29, 1.82) is 0 Å². The van der Waals surface area contributed by atoms with E-state index in [1.54, 1.807) is 0 Å². The molecule has 0 spiro atoms. The van der Waals surface area contributed by atoms with Gasteiger partial charge in [-0.05, 0) is 30.4 Å². The molecule has 1 N–H and O–H groups in total. The van der Waals surface area contributed by atoms with Crippen molar-refractivity contribution in [3.63, 3.8) is 0 Å². The van der Waals surface area contributed by atoms with E-state index in [1.165, 1.54) is 35.2 Å². The number of fused-ring (bicyclic) bond motifs is 3. The van der Waals surface area contributed by atoms with Crippen molar-refractivity contribution in [3.8, 4) is 11.3 Å². The fraction of sp³-hybridized carbons (Fsp3) is 0.231. The molecule has 1 heterocycles. The molecule has 0 amide bonds. The largest absolute Gasteiger partial charge is 0.360 e. The Hall–Kier alpha value is -1.15. The van der Waals surface area contributed by atoms with Crippen molar-refractivity contribution in [2.75, 3.05) is 0 Å². The molecular weight excluding hydrogens is 202 g/mol. The topological polar surface area (TPSA) is 15.8 Å². The second-order valence-electron chi connectivity index (χ2n) is 4.04. The average molecular weight is 215 g/mol. The summed E-state index contributed by atoms with van der Waals surface area (Å²) in [5.41, 5.74) is 5.45. The van der Waals surface area contributed by atoms with Crippen LogP contribution in [0.15, 0.2) is 35.4 Å². The third-order valence-corrected chi connectivity index (χ3v) is 3.52. The summed E-state index contributed by atoms with van der Waals surface area (Å²) in [5, 5.41) is 0. The van der Waals surface area contributed by atoms with Crippen LogP contribution in [0.4, 0.5) is 0 Å². The van der Waals surface area contributed by atoms with Crippen molar-refractivity contribution in [3.05, 3.63) is 41.6 Å². The van der Waals surface area contributed by atoms with Gasteiger partial charge in [0.25, 0.3) is 0 Å². The molecule has 0 aliphatic heterocycles. The molecular formula is C13H13NS. The number of benzene rings is 1. The first-order valence-corrected chi connectivity index (χ1v) is 5.78. The summed E-state index contributed by atoms with van der Waals surface area (Å²) in [6, 6.07) is 8.65. The van der Waals surface area contributed by atoms with Crippen LogP contribution in [0.3, 0.4) is 0 Å². The Bertz CT molecular complexity index is 499. The first kappa shape index (κ1) is 9.10. The molecule has 0 unspecified atom stereocenters. The highest BCUT2D eigenvalue weighted by Gasteiger charge is 2.16. The van der Waals surface area contributed by atoms with Gasteiger partial charge in [0.05, 0.1) is 5.69 Å². The van der Waals surface area contributed by atoms with Crippen LogP contribution in [0.25, 0.3) is 11.3 Å². The van der Waals surface area contributed by atoms with Crippen molar-refractivity contribution < 1.29 is 0 Å². The summed E-state index contributed by atoms with van der Waals surface area (Å²) in [7, 11) is 0. The number of aryl methyl sites for hydroxylation is 1. The van der Waals surface area contributed by atoms with Gasteiger partial charge < -0.3 is 4.98 Å². The number of nitrogens with one attached hydrogen (secondary N) is 1. The lowest BCUT2D eigenvalue weighted by Crippen LogP contribution is -1.86. The van der Waals surface area contributed by atoms with E-state index >= 15 is 0 Å². The molecule has 0 saturated carbocycles. The smallest absolute Gasteiger partial charge is 0.0500 e. The Morgan fingerprint density at radius 1 is 1.13 bits per heavy atom. The Labute approximate surface area is 94.9 Å². The minimum atomic E-state index is 1.10. The first-order chi connectivity index (χ1) is 7.36. The molecule has 1 aliphatic rings. The highest BCUT2D eigenvalue weighted by molar-refractivity contribution is 7.80. The zero-order valence-electron chi connectivity index (χ0n) is 8.46. The van der Waals surface area contributed by atoms with Gasteiger partial charge in [0.15, 0.2) is 0 Å². The maximum absolute atomic E-state index is 4.49. The average Bonchev–Trinajstić information content (AvgIpc) is 2.53. The fourth-order valence-electron chi connectivity index (χ4n) is 2.37. The van der Waals surface area contributed by atoms with E-state index in [-0.39, 0.29) is 0 Å². The second kappa shape index (κ2) is 3.46. The van der Waals surface area contributed by atoms with Crippen LogP contribution in [0, 0.1) is 0 Å². The van der Waals surface area contributed by atoms with Gasteiger partial charge in [0, 0.05) is 16.7 Å². The summed E-state index contributed by atoms with van der Waals surface area (Å²) in [5.74, 6) is 0. The zero-order chi connectivity index (χ0) is 10.3. The summed E-state index contributed by atoms with van der Waals surface area (Å²) < 4.78 is 0. The van der Waals surface area contributed by atoms with Gasteiger partial charge >= 0.3 is 0 Å². The highest BCUT2D eigenvalue weighted by atomic mass is 32.1. The normalized spacial score (nSPS) is 14.2. The third-order valence-electron chi connectivity index (χ3n) is 3.12. The minimum absolute atomic E-state index is 1.10. The second-order valence-corrected chi connectivity index (χ2v) is 4.52. The van der Waals surface area contributed by atoms with Gasteiger partial charge in [-0.1, -0.05) is 24.3 Å². The Balaban J connectivity index is 2.27. The molecule has 0 saturated heterocycles. The van der Waals surface area contributed by atoms with Crippen LogP contribution in [0.2, 0.25) is 0 Å². The van der Waals surface area contributed by atoms with Gasteiger partial charge in [-0.3, -0.25) is 0 Å². The van der Waals surface area contributed by atoms with Crippen LogP contribution < -0.4 is 0 Å². The molecule has 0 fully saturated rings. The number of thiol groups is 1. The van der Waals surface area contributed by atoms with Crippen LogP contribution in [-0.4, -0.2) is 4.98 Å². The minimum Gasteiger partial charge on any atom is -0.360 e. The van der Waals surface area contributed by atoms with Crippen molar-refractivity contribution in [1.82, 2.24) is 4.98 Å². The molecule has 1 aromatic heterocycles. The van der Waals surface area contributed by atoms with Gasteiger partial charge in [-0.2, -0.15) is 0 Å². The summed E-state index contributed by atoms with van der Waals surface area (Å²) >= 11 is 4.49. The molecule has 2 aromatic rings. The Kier molecular flexibility index (Phi) is 2.10. The van der Waals surface area contributed by atoms with Gasteiger partial charge in [0.2, 0.25) is 0 Å². The highest BCUT2D eigenvalue weighted by Crippen LogP contribution is 2.34. The third kappa shape index (κ3) is 1.40. The van der Waals surface area contributed by atoms with Crippen molar-refractivity contribution in [2.24, 2.45) is 0 Å². The van der Waals surface area contributed by atoms with E-state index in [2.05, 4.69) is 41.9 Å². The zero-order valence-corrected chi connectivity index (χ0v) is 9.35. The SMILES string of the molecule is Sc1c[nH]c2c1CCCc1ccccc1-2. The summed E-state index contributed by atoms with van der Waals surface area (Å²) in [6.07, 6.45) is 5.52. The number of hydrogen-bond donors (Lipinski definition) is 2. The molecule has 0 atom stereocenters. The van der Waals surface area contributed by atoms with Gasteiger partial charge in [-0.25, -0.2) is 0 Å². The maximum atomic E-state index is 4.49. The lowest BCUT2D eigenvalue weighted by atomic mass is 10.0. The number of H-pyrrole nitrogens is 1. The lowest BCUT2D eigenvalue weighted by molar-refractivity contribution is 0.826. The molecule has 1 nitrogen and oxygen atoms in total. The Morgan fingerprint density at radius 2 is 2.00 bits per heavy atom. The number of aromatic amines is 1. The van der Waals surface area contributed by atoms with E-state index in [9.17, 15) is 0 Å². The molecule has 15 heavy (non-hydrogen) atoms. The predicted octanol–water partition coefficient (Wildman–Crippen LogP) is 3.46. The van der Waals surface area contributed by atoms with Crippen LogP contribution in [-0.2, 0) is 12.8 Å². The molecule has 0 bridgehead atoms. The molecule has 1 aromatic carbocycles. The maximum Gasteiger partial charge on any atom is 0.0500 e. The summed E-state index contributed by atoms with van der Waals surface area (Å²) in [6.45, 7) is 0. The monoisotopic (exact) mass is 215 g/mol. The van der Waals surface area contributed by atoms with Crippen LogP contribution >= 0.6 is 12.6 Å².